The number of aromatic nitrogens is 2. The highest BCUT2D eigenvalue weighted by Gasteiger charge is 2.21. The molecule has 230 valence electrons. The summed E-state index contributed by atoms with van der Waals surface area (Å²) in [5.74, 6) is 0.623. The van der Waals surface area contributed by atoms with E-state index in [2.05, 4.69) is 143 Å². The van der Waals surface area contributed by atoms with Crippen LogP contribution in [0.25, 0.3) is 22.5 Å². The maximum atomic E-state index is 13.1. The Balaban J connectivity index is 0.000000630. The summed E-state index contributed by atoms with van der Waals surface area (Å²) in [7, 11) is 0. The molecule has 0 spiro atoms. The number of alkyl halides is 3. The summed E-state index contributed by atoms with van der Waals surface area (Å²) < 4.78 is 2.53. The second-order valence-electron chi connectivity index (χ2n) is 10.8. The Morgan fingerprint density at radius 1 is 0.907 bits per heavy atom. The number of aryl methyl sites for hydroxylation is 1. The van der Waals surface area contributed by atoms with Crippen molar-refractivity contribution < 1.29 is 4.79 Å². The van der Waals surface area contributed by atoms with Crippen LogP contribution in [0.1, 0.15) is 71.2 Å². The minimum Gasteiger partial charge on any atom is -0.307 e. The molecular formula is C35H43I3N4O. The van der Waals surface area contributed by atoms with Gasteiger partial charge >= 0.3 is 6.03 Å². The first-order chi connectivity index (χ1) is 20.4. The highest BCUT2D eigenvalue weighted by Crippen LogP contribution is 2.29. The molecule has 3 aromatic carbocycles. The number of nitrogens with one attached hydrogen (secondary N) is 2. The fourth-order valence-corrected chi connectivity index (χ4v) is 4.05. The molecule has 0 aliphatic rings. The molecule has 1 heterocycles. The number of carbonyl (C=O) groups excluding carboxylic acids is 1. The van der Waals surface area contributed by atoms with E-state index in [4.69, 9.17) is 5.10 Å². The van der Waals surface area contributed by atoms with Crippen LogP contribution >= 0.6 is 67.8 Å². The maximum absolute atomic E-state index is 13.1. The van der Waals surface area contributed by atoms with Crippen molar-refractivity contribution in [2.24, 2.45) is 0 Å². The predicted octanol–water partition coefficient (Wildman–Crippen LogP) is 12.2. The van der Waals surface area contributed by atoms with Gasteiger partial charge < -0.3 is 5.32 Å². The van der Waals surface area contributed by atoms with Crippen LogP contribution in [0.15, 0.2) is 85.0 Å². The van der Waals surface area contributed by atoms with Crippen LogP contribution < -0.4 is 10.6 Å². The summed E-state index contributed by atoms with van der Waals surface area (Å²) in [6, 6.07) is 21.8. The van der Waals surface area contributed by atoms with E-state index in [-0.39, 0.29) is 11.4 Å². The average Bonchev–Trinajstić information content (AvgIpc) is 3.38. The van der Waals surface area contributed by atoms with E-state index in [1.165, 1.54) is 5.56 Å². The lowest BCUT2D eigenvalue weighted by Gasteiger charge is -2.14. The molecule has 2 amide bonds. The Hall–Kier alpha value is -1.93. The van der Waals surface area contributed by atoms with Crippen molar-refractivity contribution in [3.63, 3.8) is 0 Å². The van der Waals surface area contributed by atoms with E-state index in [0.717, 1.165) is 46.2 Å². The third-order valence-electron chi connectivity index (χ3n) is 6.21. The van der Waals surface area contributed by atoms with E-state index in [1.54, 1.807) is 4.68 Å². The van der Waals surface area contributed by atoms with E-state index < -0.39 is 0 Å². The Labute approximate surface area is 298 Å². The number of halogens is 3. The van der Waals surface area contributed by atoms with Crippen LogP contribution in [-0.4, -0.2) is 15.7 Å². The molecule has 0 saturated heterocycles. The van der Waals surface area contributed by atoms with Crippen LogP contribution in [0.4, 0.5) is 16.3 Å². The van der Waals surface area contributed by atoms with Crippen LogP contribution in [0.3, 0.4) is 0 Å². The molecule has 2 N–H and O–H groups in total. The number of hydrogen-bond donors (Lipinski definition) is 2. The van der Waals surface area contributed by atoms with E-state index in [1.807, 2.05) is 74.5 Å². The van der Waals surface area contributed by atoms with Gasteiger partial charge in [0.25, 0.3) is 0 Å². The zero-order valence-corrected chi connectivity index (χ0v) is 32.6. The molecule has 0 fully saturated rings. The van der Waals surface area contributed by atoms with Crippen molar-refractivity contribution in [1.82, 2.24) is 9.78 Å². The molecule has 5 nitrogen and oxygen atoms in total. The number of fused-ring (bicyclic) bond motifs is 1. The minimum atomic E-state index is -0.310. The number of allylic oxidation sites excluding steroid dienone is 3. The smallest absolute Gasteiger partial charge is 0.307 e. The lowest BCUT2D eigenvalue weighted by Crippen LogP contribution is -2.21. The molecule has 4 aromatic rings. The quantitative estimate of drug-likeness (QED) is 0.115. The highest BCUT2D eigenvalue weighted by atomic mass is 127. The van der Waals surface area contributed by atoms with E-state index in [9.17, 15) is 4.79 Å². The maximum Gasteiger partial charge on any atom is 0.324 e. The number of anilines is 2. The Morgan fingerprint density at radius 3 is 2.05 bits per heavy atom. The molecule has 0 aliphatic heterocycles. The summed E-state index contributed by atoms with van der Waals surface area (Å²) in [4.78, 5) is 13.1. The van der Waals surface area contributed by atoms with Crippen molar-refractivity contribution in [2.45, 2.75) is 66.7 Å². The first-order valence-electron chi connectivity index (χ1n) is 14.4. The highest BCUT2D eigenvalue weighted by molar-refractivity contribution is 14.3. The SMILES string of the molecule is C/C=C/CC.CC/C=C/c1ccc(NC(=O)Nc2cc(C(C)(C)C)nn2-c2ccc(C)cc2)c2ccccc12.IC(I)I. The van der Waals surface area contributed by atoms with Crippen molar-refractivity contribution in [3.8, 4) is 5.69 Å². The van der Waals surface area contributed by atoms with Gasteiger partial charge in [0.05, 0.1) is 17.1 Å². The zero-order chi connectivity index (χ0) is 32.0. The lowest BCUT2D eigenvalue weighted by atomic mass is 9.92. The first kappa shape index (κ1) is 37.3. The largest absolute Gasteiger partial charge is 0.324 e. The molecule has 43 heavy (non-hydrogen) atoms. The number of carbonyl (C=O) groups is 1. The van der Waals surface area contributed by atoms with Gasteiger partial charge in [-0.1, -0.05) is 175 Å². The molecule has 0 atom stereocenters. The molecule has 0 bridgehead atoms. The second-order valence-corrected chi connectivity index (χ2v) is 21.7. The molecule has 0 aliphatic carbocycles. The van der Waals surface area contributed by atoms with Crippen LogP contribution in [0.2, 0.25) is 0 Å². The number of amides is 2. The van der Waals surface area contributed by atoms with Gasteiger partial charge in [0.1, 0.15) is 5.76 Å². The van der Waals surface area contributed by atoms with Crippen molar-refractivity contribution in [3.05, 3.63) is 102 Å². The molecule has 8 heteroatoms. The number of hydrogen-bond acceptors (Lipinski definition) is 2. The van der Waals surface area contributed by atoms with Crippen molar-refractivity contribution >= 4 is 102 Å². The number of benzene rings is 3. The van der Waals surface area contributed by atoms with Crippen molar-refractivity contribution in [2.75, 3.05) is 10.6 Å². The Kier molecular flexibility index (Phi) is 16.3. The topological polar surface area (TPSA) is 59.0 Å². The van der Waals surface area contributed by atoms with Gasteiger partial charge in [-0.25, -0.2) is 9.48 Å². The van der Waals surface area contributed by atoms with Gasteiger partial charge in [-0.2, -0.15) is 5.10 Å². The monoisotopic (exact) mass is 916 g/mol. The first-order valence-corrected chi connectivity index (χ1v) is 18.1. The van der Waals surface area contributed by atoms with E-state index in [0.29, 0.717) is 5.82 Å². The number of urea groups is 1. The number of nitrogens with zero attached hydrogens (tertiary/aromatic N) is 2. The molecular weight excluding hydrogens is 873 g/mol. The van der Waals surface area contributed by atoms with Gasteiger partial charge in [0, 0.05) is 16.9 Å². The molecule has 0 radical (unpaired) electrons. The third kappa shape index (κ3) is 12.5. The fraction of sp³-hybridized carbons (Fsp3) is 0.314. The van der Waals surface area contributed by atoms with Gasteiger partial charge in [-0.05, 0) is 55.8 Å². The van der Waals surface area contributed by atoms with Gasteiger partial charge in [-0.3, -0.25) is 5.32 Å². The minimum absolute atomic E-state index is 0.152. The fourth-order valence-electron chi connectivity index (χ4n) is 4.05. The molecule has 1 aromatic heterocycles. The molecule has 0 unspecified atom stereocenters. The molecule has 4 rings (SSSR count). The summed E-state index contributed by atoms with van der Waals surface area (Å²) in [5.41, 5.74) is 4.72. The number of rotatable bonds is 6. The van der Waals surface area contributed by atoms with Crippen LogP contribution in [-0.2, 0) is 5.41 Å². The van der Waals surface area contributed by atoms with Crippen LogP contribution in [0.5, 0.6) is 0 Å². The standard InChI is InChI=1S/C29H32N4O.C5H10.CHI3/c1-6-7-10-21-15-18-25(24-12-9-8-11-23(21)24)30-28(34)31-27-19-26(29(3,4)5)32-33(27)22-16-13-20(2)14-17-22;1-3-5-4-2;2-1(3)4/h7-19H,6H2,1-5H3,(H2,30,31,34);3,5H,4H2,1-2H3;1H/b10-7+;5-3+;. The van der Waals surface area contributed by atoms with Gasteiger partial charge in [0.2, 0.25) is 0 Å². The second kappa shape index (κ2) is 18.8. The molecule has 0 saturated carbocycles. The Bertz CT molecular complexity index is 1500. The Morgan fingerprint density at radius 2 is 1.51 bits per heavy atom. The zero-order valence-electron chi connectivity index (χ0n) is 26.1. The van der Waals surface area contributed by atoms with E-state index >= 15 is 0 Å². The summed E-state index contributed by atoms with van der Waals surface area (Å²) in [6.45, 7) is 14.7. The normalized spacial score (nSPS) is 11.3. The van der Waals surface area contributed by atoms with Crippen LogP contribution in [0, 0.1) is 6.92 Å². The van der Waals surface area contributed by atoms with Crippen molar-refractivity contribution in [1.29, 1.82) is 0 Å². The lowest BCUT2D eigenvalue weighted by molar-refractivity contribution is 0.262. The predicted molar refractivity (Wildman–Crippen MR) is 214 cm³/mol. The average molecular weight is 916 g/mol. The summed E-state index contributed by atoms with van der Waals surface area (Å²) in [6.07, 6.45) is 10.6. The summed E-state index contributed by atoms with van der Waals surface area (Å²) >= 11 is 6.95. The van der Waals surface area contributed by atoms with Gasteiger partial charge in [0.15, 0.2) is 0 Å². The van der Waals surface area contributed by atoms with Gasteiger partial charge in [-0.15, -0.1) is 0 Å². The third-order valence-corrected chi connectivity index (χ3v) is 6.21. The summed E-state index contributed by atoms with van der Waals surface area (Å²) in [5, 5.41) is 13.0.